The Kier molecular flexibility index (Phi) is 6.36. The molecular weight excluding hydrogens is 412 g/mol. The van der Waals surface area contributed by atoms with Crippen LogP contribution in [-0.4, -0.2) is 47.0 Å². The SMILES string of the molecule is Cc1onc(-c2ccccc2Cl)c1C(=O)N1CCCN(Cc2cccc(C#N)c2)CC1. The molecule has 2 aromatic carbocycles. The molecule has 3 aromatic rings. The first kappa shape index (κ1) is 21.1. The maximum atomic E-state index is 13.4. The zero-order valence-electron chi connectivity index (χ0n) is 17.3. The molecule has 1 saturated heterocycles. The van der Waals surface area contributed by atoms with Crippen LogP contribution in [0, 0.1) is 18.3 Å². The van der Waals surface area contributed by atoms with Crippen LogP contribution in [0.2, 0.25) is 5.02 Å². The molecule has 0 saturated carbocycles. The van der Waals surface area contributed by atoms with Gasteiger partial charge in [0.1, 0.15) is 17.0 Å². The Bertz CT molecular complexity index is 1130. The first-order chi connectivity index (χ1) is 15.1. The minimum atomic E-state index is -0.0815. The Balaban J connectivity index is 1.49. The normalized spacial score (nSPS) is 14.8. The fourth-order valence-corrected chi connectivity index (χ4v) is 4.17. The summed E-state index contributed by atoms with van der Waals surface area (Å²) in [7, 11) is 0. The quantitative estimate of drug-likeness (QED) is 0.603. The molecule has 158 valence electrons. The number of aryl methyl sites for hydroxylation is 1. The molecule has 1 aliphatic rings. The molecule has 0 aliphatic carbocycles. The van der Waals surface area contributed by atoms with Crippen molar-refractivity contribution in [1.82, 2.24) is 15.0 Å². The van der Waals surface area contributed by atoms with Crippen LogP contribution in [0.3, 0.4) is 0 Å². The molecule has 1 amide bonds. The number of rotatable bonds is 4. The number of carbonyl (C=O) groups excluding carboxylic acids is 1. The van der Waals surface area contributed by atoms with Crippen LogP contribution in [0.15, 0.2) is 53.1 Å². The van der Waals surface area contributed by atoms with E-state index in [4.69, 9.17) is 21.4 Å². The Morgan fingerprint density at radius 3 is 2.81 bits per heavy atom. The van der Waals surface area contributed by atoms with Gasteiger partial charge in [0.05, 0.1) is 16.7 Å². The van der Waals surface area contributed by atoms with Gasteiger partial charge in [0.2, 0.25) is 0 Å². The molecule has 0 spiro atoms. The molecule has 1 aromatic heterocycles. The lowest BCUT2D eigenvalue weighted by molar-refractivity contribution is 0.0760. The van der Waals surface area contributed by atoms with E-state index in [9.17, 15) is 4.79 Å². The van der Waals surface area contributed by atoms with Crippen LogP contribution in [0.25, 0.3) is 11.3 Å². The molecule has 4 rings (SSSR count). The summed E-state index contributed by atoms with van der Waals surface area (Å²) in [6.07, 6.45) is 0.870. The smallest absolute Gasteiger partial charge is 0.259 e. The van der Waals surface area contributed by atoms with Crippen molar-refractivity contribution >= 4 is 17.5 Å². The summed E-state index contributed by atoms with van der Waals surface area (Å²) in [5.74, 6) is 0.413. The molecule has 0 bridgehead atoms. The van der Waals surface area contributed by atoms with Crippen molar-refractivity contribution in [2.45, 2.75) is 19.9 Å². The summed E-state index contributed by atoms with van der Waals surface area (Å²) in [5.41, 5.74) is 3.43. The van der Waals surface area contributed by atoms with Gasteiger partial charge in [0, 0.05) is 38.3 Å². The molecule has 0 radical (unpaired) electrons. The molecule has 1 fully saturated rings. The van der Waals surface area contributed by atoms with E-state index < -0.39 is 0 Å². The number of nitriles is 1. The van der Waals surface area contributed by atoms with Gasteiger partial charge in [0.15, 0.2) is 0 Å². The largest absolute Gasteiger partial charge is 0.360 e. The molecule has 31 heavy (non-hydrogen) atoms. The Morgan fingerprint density at radius 1 is 1.16 bits per heavy atom. The van der Waals surface area contributed by atoms with Gasteiger partial charge >= 0.3 is 0 Å². The highest BCUT2D eigenvalue weighted by atomic mass is 35.5. The Labute approximate surface area is 186 Å². The fraction of sp³-hybridized carbons (Fsp3) is 0.292. The lowest BCUT2D eigenvalue weighted by atomic mass is 10.0. The standard InChI is InChI=1S/C24H23ClN4O2/c1-17-22(23(27-31-17)20-8-2-3-9-21(20)25)24(30)29-11-5-10-28(12-13-29)16-19-7-4-6-18(14-19)15-26/h2-4,6-9,14H,5,10-13,16H2,1H3. The van der Waals surface area contributed by atoms with Gasteiger partial charge in [-0.3, -0.25) is 9.69 Å². The van der Waals surface area contributed by atoms with Crippen molar-refractivity contribution in [3.8, 4) is 17.3 Å². The summed E-state index contributed by atoms with van der Waals surface area (Å²) in [4.78, 5) is 17.6. The van der Waals surface area contributed by atoms with Crippen molar-refractivity contribution < 1.29 is 9.32 Å². The molecule has 1 aliphatic heterocycles. The highest BCUT2D eigenvalue weighted by molar-refractivity contribution is 6.33. The van der Waals surface area contributed by atoms with E-state index in [1.54, 1.807) is 13.0 Å². The third-order valence-corrected chi connectivity index (χ3v) is 5.87. The topological polar surface area (TPSA) is 73.4 Å². The van der Waals surface area contributed by atoms with Crippen molar-refractivity contribution in [3.63, 3.8) is 0 Å². The van der Waals surface area contributed by atoms with Gasteiger partial charge in [-0.2, -0.15) is 5.26 Å². The summed E-state index contributed by atoms with van der Waals surface area (Å²) in [6, 6.07) is 17.2. The summed E-state index contributed by atoms with van der Waals surface area (Å²) in [6.45, 7) is 5.44. The lowest BCUT2D eigenvalue weighted by Gasteiger charge is -2.22. The Hall–Kier alpha value is -3.14. The molecule has 0 atom stereocenters. The molecule has 7 heteroatoms. The lowest BCUT2D eigenvalue weighted by Crippen LogP contribution is -2.35. The molecule has 2 heterocycles. The molecule has 0 N–H and O–H groups in total. The van der Waals surface area contributed by atoms with E-state index in [-0.39, 0.29) is 5.91 Å². The number of benzene rings is 2. The van der Waals surface area contributed by atoms with Crippen LogP contribution < -0.4 is 0 Å². The number of hydrogen-bond donors (Lipinski definition) is 0. The van der Waals surface area contributed by atoms with Crippen LogP contribution >= 0.6 is 11.6 Å². The van der Waals surface area contributed by atoms with Crippen LogP contribution in [-0.2, 0) is 6.54 Å². The van der Waals surface area contributed by atoms with Gasteiger partial charge in [0.25, 0.3) is 5.91 Å². The maximum absolute atomic E-state index is 13.4. The van der Waals surface area contributed by atoms with E-state index in [0.717, 1.165) is 31.6 Å². The average molecular weight is 435 g/mol. The van der Waals surface area contributed by atoms with Crippen LogP contribution in [0.4, 0.5) is 0 Å². The van der Waals surface area contributed by atoms with Crippen molar-refractivity contribution in [2.24, 2.45) is 0 Å². The van der Waals surface area contributed by atoms with Crippen LogP contribution in [0.1, 0.15) is 33.7 Å². The average Bonchev–Trinajstić information content (AvgIpc) is 3.00. The fourth-order valence-electron chi connectivity index (χ4n) is 3.95. The molecule has 0 unspecified atom stereocenters. The van der Waals surface area contributed by atoms with Gasteiger partial charge in [-0.15, -0.1) is 0 Å². The molecule has 6 nitrogen and oxygen atoms in total. The number of nitrogens with zero attached hydrogens (tertiary/aromatic N) is 4. The number of aromatic nitrogens is 1. The van der Waals surface area contributed by atoms with E-state index in [0.29, 0.717) is 46.3 Å². The third kappa shape index (κ3) is 4.63. The minimum Gasteiger partial charge on any atom is -0.360 e. The first-order valence-electron chi connectivity index (χ1n) is 10.3. The van der Waals surface area contributed by atoms with E-state index in [1.807, 2.05) is 47.4 Å². The third-order valence-electron chi connectivity index (χ3n) is 5.54. The van der Waals surface area contributed by atoms with E-state index in [1.165, 1.54) is 0 Å². The second-order valence-corrected chi connectivity index (χ2v) is 8.08. The van der Waals surface area contributed by atoms with Gasteiger partial charge in [-0.25, -0.2) is 0 Å². The minimum absolute atomic E-state index is 0.0815. The van der Waals surface area contributed by atoms with E-state index in [2.05, 4.69) is 16.1 Å². The second-order valence-electron chi connectivity index (χ2n) is 7.68. The maximum Gasteiger partial charge on any atom is 0.259 e. The van der Waals surface area contributed by atoms with Crippen molar-refractivity contribution in [3.05, 3.63) is 76.0 Å². The van der Waals surface area contributed by atoms with Gasteiger partial charge in [-0.1, -0.05) is 47.1 Å². The number of amides is 1. The van der Waals surface area contributed by atoms with Crippen molar-refractivity contribution in [1.29, 1.82) is 5.26 Å². The number of halogens is 1. The monoisotopic (exact) mass is 434 g/mol. The van der Waals surface area contributed by atoms with Gasteiger partial charge in [-0.05, 0) is 37.1 Å². The zero-order chi connectivity index (χ0) is 21.8. The number of carbonyl (C=O) groups is 1. The Morgan fingerprint density at radius 2 is 2.00 bits per heavy atom. The second kappa shape index (κ2) is 9.34. The zero-order valence-corrected chi connectivity index (χ0v) is 18.1. The first-order valence-corrected chi connectivity index (χ1v) is 10.7. The summed E-state index contributed by atoms with van der Waals surface area (Å²) >= 11 is 6.34. The van der Waals surface area contributed by atoms with E-state index >= 15 is 0 Å². The predicted molar refractivity (Wildman–Crippen MR) is 119 cm³/mol. The highest BCUT2D eigenvalue weighted by Gasteiger charge is 2.28. The molecular formula is C24H23ClN4O2. The van der Waals surface area contributed by atoms with Gasteiger partial charge < -0.3 is 9.42 Å². The summed E-state index contributed by atoms with van der Waals surface area (Å²) < 4.78 is 5.38. The van der Waals surface area contributed by atoms with Crippen molar-refractivity contribution in [2.75, 3.05) is 26.2 Å². The number of hydrogen-bond acceptors (Lipinski definition) is 5. The van der Waals surface area contributed by atoms with Crippen LogP contribution in [0.5, 0.6) is 0 Å². The predicted octanol–water partition coefficient (Wildman–Crippen LogP) is 4.52. The summed E-state index contributed by atoms with van der Waals surface area (Å²) in [5, 5.41) is 13.8. The highest BCUT2D eigenvalue weighted by Crippen LogP contribution is 2.32.